The lowest BCUT2D eigenvalue weighted by atomic mass is 10.2. The summed E-state index contributed by atoms with van der Waals surface area (Å²) in [5, 5.41) is 2.90. The van der Waals surface area contributed by atoms with E-state index < -0.39 is 11.7 Å². The second-order valence-corrected chi connectivity index (χ2v) is 5.13. The molecular formula is C14H12BrF3N2O. The standard InChI is InChI=1S/C14H12BrF3N2O/c1-21-13-7-9(3-5-11(13)19)20-12-6-8(14(16,17)18)2-4-10(12)15/h2-7,20H,19H2,1H3. The number of nitrogen functional groups attached to an aromatic ring is 1. The lowest BCUT2D eigenvalue weighted by Crippen LogP contribution is -2.05. The predicted molar refractivity (Wildman–Crippen MR) is 79.8 cm³/mol. The van der Waals surface area contributed by atoms with Crippen LogP contribution < -0.4 is 15.8 Å². The van der Waals surface area contributed by atoms with Gasteiger partial charge in [0.05, 0.1) is 24.0 Å². The van der Waals surface area contributed by atoms with Gasteiger partial charge in [0, 0.05) is 16.2 Å². The van der Waals surface area contributed by atoms with Gasteiger partial charge in [-0.15, -0.1) is 0 Å². The van der Waals surface area contributed by atoms with Gasteiger partial charge in [0.15, 0.2) is 0 Å². The largest absolute Gasteiger partial charge is 0.495 e. The van der Waals surface area contributed by atoms with Crippen molar-refractivity contribution in [1.29, 1.82) is 0 Å². The van der Waals surface area contributed by atoms with E-state index in [4.69, 9.17) is 10.5 Å². The molecular weight excluding hydrogens is 349 g/mol. The normalized spacial score (nSPS) is 11.3. The first-order valence-corrected chi connectivity index (χ1v) is 6.68. The van der Waals surface area contributed by atoms with Gasteiger partial charge in [0.1, 0.15) is 5.75 Å². The van der Waals surface area contributed by atoms with E-state index in [2.05, 4.69) is 21.2 Å². The van der Waals surface area contributed by atoms with Crippen molar-refractivity contribution < 1.29 is 17.9 Å². The average Bonchev–Trinajstić information content (AvgIpc) is 2.42. The van der Waals surface area contributed by atoms with Crippen LogP contribution in [0, 0.1) is 0 Å². The van der Waals surface area contributed by atoms with Crippen LogP contribution in [0.5, 0.6) is 5.75 Å². The van der Waals surface area contributed by atoms with Crippen molar-refractivity contribution in [2.45, 2.75) is 6.18 Å². The smallest absolute Gasteiger partial charge is 0.416 e. The number of benzene rings is 2. The number of methoxy groups -OCH3 is 1. The summed E-state index contributed by atoms with van der Waals surface area (Å²) in [5.41, 5.74) is 6.29. The zero-order chi connectivity index (χ0) is 15.6. The Labute approximate surface area is 128 Å². The maximum absolute atomic E-state index is 12.7. The Morgan fingerprint density at radius 1 is 1.14 bits per heavy atom. The fraction of sp³-hybridized carbons (Fsp3) is 0.143. The van der Waals surface area contributed by atoms with E-state index in [0.29, 0.717) is 27.3 Å². The van der Waals surface area contributed by atoms with Crippen LogP contribution in [0.3, 0.4) is 0 Å². The molecule has 0 aliphatic carbocycles. The molecule has 0 fully saturated rings. The highest BCUT2D eigenvalue weighted by Gasteiger charge is 2.30. The van der Waals surface area contributed by atoms with Crippen molar-refractivity contribution in [1.82, 2.24) is 0 Å². The van der Waals surface area contributed by atoms with E-state index in [0.717, 1.165) is 12.1 Å². The van der Waals surface area contributed by atoms with Crippen molar-refractivity contribution in [2.75, 3.05) is 18.2 Å². The SMILES string of the molecule is COc1cc(Nc2cc(C(F)(F)F)ccc2Br)ccc1N. The fourth-order valence-corrected chi connectivity index (χ4v) is 2.09. The van der Waals surface area contributed by atoms with Gasteiger partial charge in [-0.2, -0.15) is 13.2 Å². The molecule has 3 N–H and O–H groups in total. The van der Waals surface area contributed by atoms with E-state index in [-0.39, 0.29) is 0 Å². The summed E-state index contributed by atoms with van der Waals surface area (Å²) in [5.74, 6) is 0.447. The first-order valence-electron chi connectivity index (χ1n) is 5.88. The van der Waals surface area contributed by atoms with E-state index in [9.17, 15) is 13.2 Å². The summed E-state index contributed by atoms with van der Waals surface area (Å²) in [6, 6.07) is 8.28. The number of alkyl halides is 3. The molecule has 0 amide bonds. The number of anilines is 3. The van der Waals surface area contributed by atoms with Crippen LogP contribution in [0.4, 0.5) is 30.2 Å². The number of rotatable bonds is 3. The van der Waals surface area contributed by atoms with Gasteiger partial charge < -0.3 is 15.8 Å². The molecule has 7 heteroatoms. The Morgan fingerprint density at radius 2 is 1.86 bits per heavy atom. The van der Waals surface area contributed by atoms with Crippen molar-refractivity contribution in [3.8, 4) is 5.75 Å². The molecule has 0 bridgehead atoms. The van der Waals surface area contributed by atoms with Gasteiger partial charge in [0.2, 0.25) is 0 Å². The minimum absolute atomic E-state index is 0.302. The zero-order valence-corrected chi connectivity index (χ0v) is 12.5. The van der Waals surface area contributed by atoms with Gasteiger partial charge in [-0.05, 0) is 46.3 Å². The van der Waals surface area contributed by atoms with E-state index in [1.165, 1.54) is 13.2 Å². The quantitative estimate of drug-likeness (QED) is 0.772. The third kappa shape index (κ3) is 3.60. The first-order chi connectivity index (χ1) is 9.81. The van der Waals surface area contributed by atoms with Crippen LogP contribution >= 0.6 is 15.9 Å². The topological polar surface area (TPSA) is 47.3 Å². The molecule has 0 heterocycles. The zero-order valence-electron chi connectivity index (χ0n) is 11.0. The molecule has 0 spiro atoms. The van der Waals surface area contributed by atoms with Crippen LogP contribution in [0.25, 0.3) is 0 Å². The number of hydrogen-bond acceptors (Lipinski definition) is 3. The molecule has 0 atom stereocenters. The number of halogens is 4. The minimum atomic E-state index is -4.39. The Kier molecular flexibility index (Phi) is 4.32. The highest BCUT2D eigenvalue weighted by atomic mass is 79.9. The Balaban J connectivity index is 2.35. The fourth-order valence-electron chi connectivity index (χ4n) is 1.74. The molecule has 2 aromatic rings. The Morgan fingerprint density at radius 3 is 2.48 bits per heavy atom. The van der Waals surface area contributed by atoms with E-state index >= 15 is 0 Å². The van der Waals surface area contributed by atoms with E-state index in [1.807, 2.05) is 0 Å². The number of nitrogens with two attached hydrogens (primary N) is 1. The van der Waals surface area contributed by atoms with Crippen LogP contribution in [0.1, 0.15) is 5.56 Å². The van der Waals surface area contributed by atoms with Crippen molar-refractivity contribution in [2.24, 2.45) is 0 Å². The molecule has 2 aromatic carbocycles. The monoisotopic (exact) mass is 360 g/mol. The van der Waals surface area contributed by atoms with Gasteiger partial charge >= 0.3 is 6.18 Å². The second-order valence-electron chi connectivity index (χ2n) is 4.27. The highest BCUT2D eigenvalue weighted by molar-refractivity contribution is 9.10. The Hall–Kier alpha value is -1.89. The maximum atomic E-state index is 12.7. The van der Waals surface area contributed by atoms with Crippen LogP contribution in [-0.4, -0.2) is 7.11 Å². The van der Waals surface area contributed by atoms with Crippen molar-refractivity contribution in [3.63, 3.8) is 0 Å². The van der Waals surface area contributed by atoms with E-state index in [1.54, 1.807) is 18.2 Å². The highest BCUT2D eigenvalue weighted by Crippen LogP contribution is 2.36. The number of hydrogen-bond donors (Lipinski definition) is 2. The van der Waals surface area contributed by atoms with Crippen LogP contribution in [-0.2, 0) is 6.18 Å². The maximum Gasteiger partial charge on any atom is 0.416 e. The average molecular weight is 361 g/mol. The molecule has 112 valence electrons. The molecule has 0 radical (unpaired) electrons. The predicted octanol–water partition coefficient (Wildman–Crippen LogP) is 4.80. The lowest BCUT2D eigenvalue weighted by molar-refractivity contribution is -0.137. The molecule has 0 unspecified atom stereocenters. The van der Waals surface area contributed by atoms with Crippen LogP contribution in [0.15, 0.2) is 40.9 Å². The molecule has 0 aliphatic rings. The minimum Gasteiger partial charge on any atom is -0.495 e. The van der Waals surface area contributed by atoms with Gasteiger partial charge in [-0.1, -0.05) is 0 Å². The molecule has 3 nitrogen and oxygen atoms in total. The van der Waals surface area contributed by atoms with Gasteiger partial charge in [-0.3, -0.25) is 0 Å². The molecule has 0 saturated carbocycles. The molecule has 0 aliphatic heterocycles. The Bertz CT molecular complexity index is 659. The molecule has 21 heavy (non-hydrogen) atoms. The summed E-state index contributed by atoms with van der Waals surface area (Å²) in [7, 11) is 1.47. The first kappa shape index (κ1) is 15.5. The lowest BCUT2D eigenvalue weighted by Gasteiger charge is -2.14. The summed E-state index contributed by atoms with van der Waals surface area (Å²) in [6.07, 6.45) is -4.39. The molecule has 0 saturated heterocycles. The summed E-state index contributed by atoms with van der Waals surface area (Å²) >= 11 is 3.22. The van der Waals surface area contributed by atoms with Gasteiger partial charge in [-0.25, -0.2) is 0 Å². The number of ether oxygens (including phenoxy) is 1. The third-order valence-corrected chi connectivity index (χ3v) is 3.50. The molecule has 2 rings (SSSR count). The number of nitrogens with one attached hydrogen (secondary N) is 1. The van der Waals surface area contributed by atoms with Crippen molar-refractivity contribution >= 4 is 33.0 Å². The third-order valence-electron chi connectivity index (χ3n) is 2.81. The summed E-state index contributed by atoms with van der Waals surface area (Å²) in [4.78, 5) is 0. The summed E-state index contributed by atoms with van der Waals surface area (Å²) < 4.78 is 43.8. The van der Waals surface area contributed by atoms with Gasteiger partial charge in [0.25, 0.3) is 0 Å². The van der Waals surface area contributed by atoms with Crippen molar-refractivity contribution in [3.05, 3.63) is 46.4 Å². The summed E-state index contributed by atoms with van der Waals surface area (Å²) in [6.45, 7) is 0. The molecule has 0 aromatic heterocycles. The van der Waals surface area contributed by atoms with Crippen LogP contribution in [0.2, 0.25) is 0 Å². The second kappa shape index (κ2) is 5.85.